The maximum absolute atomic E-state index is 12.6. The lowest BCUT2D eigenvalue weighted by molar-refractivity contribution is -0.139. The predicted molar refractivity (Wildman–Crippen MR) is 77.3 cm³/mol. The van der Waals surface area contributed by atoms with Crippen molar-refractivity contribution in [1.29, 1.82) is 0 Å². The Morgan fingerprint density at radius 1 is 1.29 bits per heavy atom. The van der Waals surface area contributed by atoms with Crippen LogP contribution in [0.4, 0.5) is 0 Å². The number of carbonyl (C=O) groups excluding carboxylic acids is 2. The quantitative estimate of drug-likeness (QED) is 0.816. The van der Waals surface area contributed by atoms with Gasteiger partial charge in [0, 0.05) is 13.1 Å². The van der Waals surface area contributed by atoms with Gasteiger partial charge in [0.2, 0.25) is 11.8 Å². The summed E-state index contributed by atoms with van der Waals surface area (Å²) in [5.41, 5.74) is 1.10. The van der Waals surface area contributed by atoms with Gasteiger partial charge in [-0.2, -0.15) is 0 Å². The number of nitrogens with one attached hydrogen (secondary N) is 1. The smallest absolute Gasteiger partial charge is 0.240 e. The van der Waals surface area contributed by atoms with Crippen molar-refractivity contribution in [1.82, 2.24) is 15.1 Å². The number of nitrogens with zero attached hydrogens (tertiary/aromatic N) is 2. The fourth-order valence-electron chi connectivity index (χ4n) is 3.69. The zero-order valence-corrected chi connectivity index (χ0v) is 11.9. The molecule has 0 unspecified atom stereocenters. The van der Waals surface area contributed by atoms with Crippen LogP contribution in [0.3, 0.4) is 0 Å². The van der Waals surface area contributed by atoms with E-state index in [2.05, 4.69) is 10.2 Å². The van der Waals surface area contributed by atoms with E-state index in [1.807, 2.05) is 35.2 Å². The van der Waals surface area contributed by atoms with Crippen LogP contribution in [0.5, 0.6) is 0 Å². The molecule has 2 amide bonds. The Morgan fingerprint density at radius 3 is 2.90 bits per heavy atom. The van der Waals surface area contributed by atoms with Gasteiger partial charge in [-0.3, -0.25) is 14.5 Å². The molecule has 1 N–H and O–H groups in total. The van der Waals surface area contributed by atoms with E-state index in [4.69, 9.17) is 0 Å². The van der Waals surface area contributed by atoms with Gasteiger partial charge in [-0.1, -0.05) is 30.3 Å². The normalized spacial score (nSPS) is 30.8. The fraction of sp³-hybridized carbons (Fsp3) is 0.500. The fourth-order valence-corrected chi connectivity index (χ4v) is 3.69. The van der Waals surface area contributed by atoms with Crippen molar-refractivity contribution in [2.45, 2.75) is 37.5 Å². The van der Waals surface area contributed by atoms with E-state index in [0.717, 1.165) is 31.5 Å². The third kappa shape index (κ3) is 2.12. The number of piperazine rings is 1. The van der Waals surface area contributed by atoms with Gasteiger partial charge in [-0.05, 0) is 24.9 Å². The van der Waals surface area contributed by atoms with E-state index in [9.17, 15) is 9.59 Å². The Balaban J connectivity index is 1.45. The lowest BCUT2D eigenvalue weighted by atomic mass is 10.1. The van der Waals surface area contributed by atoms with Gasteiger partial charge in [0.25, 0.3) is 0 Å². The first kappa shape index (κ1) is 12.8. The van der Waals surface area contributed by atoms with E-state index >= 15 is 0 Å². The molecule has 0 bridgehead atoms. The summed E-state index contributed by atoms with van der Waals surface area (Å²) in [6.45, 7) is 2.16. The SMILES string of the molecule is O=C(NCc1ccccc1)[C@@H]1[C@@H]2CN2C(=O)[C@@H]2CCCN12. The molecule has 21 heavy (non-hydrogen) atoms. The van der Waals surface area contributed by atoms with Gasteiger partial charge in [-0.15, -0.1) is 0 Å². The van der Waals surface area contributed by atoms with Gasteiger partial charge in [-0.25, -0.2) is 0 Å². The minimum atomic E-state index is -0.154. The molecule has 0 spiro atoms. The highest BCUT2D eigenvalue weighted by molar-refractivity contribution is 5.92. The summed E-state index contributed by atoms with van der Waals surface area (Å²) in [7, 11) is 0. The van der Waals surface area contributed by atoms with Crippen LogP contribution in [0.2, 0.25) is 0 Å². The molecule has 110 valence electrons. The monoisotopic (exact) mass is 285 g/mol. The molecule has 5 nitrogen and oxygen atoms in total. The predicted octanol–water partition coefficient (Wildman–Crippen LogP) is 0.360. The standard InChI is InChI=1S/C16H19N3O2/c20-15(17-9-11-5-2-1-3-6-11)14-13-10-19(13)16(21)12-7-4-8-18(12)14/h1-3,5-6,12-14H,4,7-10H2,(H,17,20)/t12-,13-,14-,19?/m0/s1. The van der Waals surface area contributed by atoms with E-state index in [1.165, 1.54) is 0 Å². The number of benzene rings is 1. The number of carbonyl (C=O) groups is 2. The van der Waals surface area contributed by atoms with Crippen LogP contribution in [0, 0.1) is 0 Å². The minimum absolute atomic E-state index is 0.0591. The lowest BCUT2D eigenvalue weighted by Gasteiger charge is -2.35. The van der Waals surface area contributed by atoms with Crippen molar-refractivity contribution < 1.29 is 9.59 Å². The largest absolute Gasteiger partial charge is 0.351 e. The summed E-state index contributed by atoms with van der Waals surface area (Å²) < 4.78 is 0. The van der Waals surface area contributed by atoms with Crippen LogP contribution in [-0.2, 0) is 16.1 Å². The molecule has 3 aliphatic heterocycles. The molecule has 3 aliphatic rings. The maximum Gasteiger partial charge on any atom is 0.240 e. The molecule has 0 radical (unpaired) electrons. The Hall–Kier alpha value is -1.88. The average Bonchev–Trinajstić information content (AvgIpc) is 3.15. The van der Waals surface area contributed by atoms with Crippen LogP contribution < -0.4 is 5.32 Å². The molecular weight excluding hydrogens is 266 g/mol. The maximum atomic E-state index is 12.6. The van der Waals surface area contributed by atoms with Gasteiger partial charge >= 0.3 is 0 Å². The highest BCUT2D eigenvalue weighted by Gasteiger charge is 2.58. The number of rotatable bonds is 3. The molecule has 0 aromatic heterocycles. The second-order valence-electron chi connectivity index (χ2n) is 6.10. The van der Waals surface area contributed by atoms with Gasteiger partial charge in [0.05, 0.1) is 12.1 Å². The van der Waals surface area contributed by atoms with Gasteiger partial charge in [0.15, 0.2) is 0 Å². The van der Waals surface area contributed by atoms with Crippen molar-refractivity contribution in [3.05, 3.63) is 35.9 Å². The topological polar surface area (TPSA) is 52.4 Å². The molecule has 3 saturated heterocycles. The lowest BCUT2D eigenvalue weighted by Crippen LogP contribution is -2.59. The molecule has 4 rings (SSSR count). The summed E-state index contributed by atoms with van der Waals surface area (Å²) >= 11 is 0. The number of hydrogen-bond donors (Lipinski definition) is 1. The Labute approximate surface area is 123 Å². The molecule has 1 aromatic carbocycles. The minimum Gasteiger partial charge on any atom is -0.351 e. The van der Waals surface area contributed by atoms with Crippen LogP contribution in [0.1, 0.15) is 18.4 Å². The first-order valence-electron chi connectivity index (χ1n) is 7.63. The molecule has 0 saturated carbocycles. The van der Waals surface area contributed by atoms with E-state index in [-0.39, 0.29) is 29.9 Å². The Morgan fingerprint density at radius 2 is 2.10 bits per heavy atom. The van der Waals surface area contributed by atoms with Crippen LogP contribution in [-0.4, -0.2) is 52.8 Å². The second kappa shape index (κ2) is 4.84. The van der Waals surface area contributed by atoms with E-state index < -0.39 is 0 Å². The molecular formula is C16H19N3O2. The first-order valence-corrected chi connectivity index (χ1v) is 7.63. The molecule has 1 aromatic rings. The average molecular weight is 285 g/mol. The highest BCUT2D eigenvalue weighted by Crippen LogP contribution is 2.37. The third-order valence-electron chi connectivity index (χ3n) is 4.81. The molecule has 3 fully saturated rings. The van der Waals surface area contributed by atoms with Crippen LogP contribution in [0.25, 0.3) is 0 Å². The van der Waals surface area contributed by atoms with Gasteiger partial charge in [0.1, 0.15) is 6.04 Å². The number of hydrogen-bond acceptors (Lipinski definition) is 3. The Kier molecular flexibility index (Phi) is 2.96. The van der Waals surface area contributed by atoms with Crippen molar-refractivity contribution in [3.63, 3.8) is 0 Å². The third-order valence-corrected chi connectivity index (χ3v) is 4.81. The van der Waals surface area contributed by atoms with Crippen LogP contribution >= 0.6 is 0 Å². The van der Waals surface area contributed by atoms with Crippen molar-refractivity contribution >= 4 is 11.8 Å². The van der Waals surface area contributed by atoms with Crippen molar-refractivity contribution in [2.75, 3.05) is 13.1 Å². The first-order chi connectivity index (χ1) is 10.3. The highest BCUT2D eigenvalue weighted by atomic mass is 16.2. The summed E-state index contributed by atoms with van der Waals surface area (Å²) in [4.78, 5) is 28.7. The summed E-state index contributed by atoms with van der Waals surface area (Å²) in [5.74, 6) is 0.287. The van der Waals surface area contributed by atoms with Crippen molar-refractivity contribution in [2.24, 2.45) is 0 Å². The molecule has 3 heterocycles. The van der Waals surface area contributed by atoms with E-state index in [1.54, 1.807) is 0 Å². The Bertz CT molecular complexity index is 574. The van der Waals surface area contributed by atoms with Crippen molar-refractivity contribution in [3.8, 4) is 0 Å². The molecule has 5 heteroatoms. The number of amides is 2. The molecule has 3 atom stereocenters. The molecule has 0 aliphatic carbocycles. The zero-order chi connectivity index (χ0) is 14.4. The summed E-state index contributed by atoms with van der Waals surface area (Å²) in [5, 5.41) is 3.03. The number of fused-ring (bicyclic) bond motifs is 2. The summed E-state index contributed by atoms with van der Waals surface area (Å²) in [6.07, 6.45) is 1.91. The second-order valence-corrected chi connectivity index (χ2v) is 6.10. The van der Waals surface area contributed by atoms with E-state index in [0.29, 0.717) is 6.54 Å². The summed E-state index contributed by atoms with van der Waals surface area (Å²) in [6, 6.07) is 9.81. The van der Waals surface area contributed by atoms with Crippen LogP contribution in [0.15, 0.2) is 30.3 Å². The van der Waals surface area contributed by atoms with Gasteiger partial charge < -0.3 is 10.2 Å². The zero-order valence-electron chi connectivity index (χ0n) is 11.9.